The fraction of sp³-hybridized carbons (Fsp3) is 0.133. The average Bonchev–Trinajstić information content (AvgIpc) is 2.43. The van der Waals surface area contributed by atoms with Crippen molar-refractivity contribution in [2.24, 2.45) is 5.73 Å². The number of aryl methyl sites for hydroxylation is 1. The van der Waals surface area contributed by atoms with E-state index < -0.39 is 6.04 Å². The predicted octanol–water partition coefficient (Wildman–Crippen LogP) is 4.05. The van der Waals surface area contributed by atoms with Gasteiger partial charge in [-0.25, -0.2) is 0 Å². The monoisotopic (exact) mass is 352 g/mol. The summed E-state index contributed by atoms with van der Waals surface area (Å²) in [5, 5.41) is 3.29. The van der Waals surface area contributed by atoms with E-state index in [9.17, 15) is 4.79 Å². The number of amides is 1. The molecule has 0 spiro atoms. The van der Waals surface area contributed by atoms with Crippen LogP contribution in [0.3, 0.4) is 0 Å². The van der Waals surface area contributed by atoms with Gasteiger partial charge in [-0.3, -0.25) is 4.79 Å². The number of hydrogen-bond acceptors (Lipinski definition) is 2. The largest absolute Gasteiger partial charge is 0.324 e. The second kappa shape index (κ2) is 6.39. The fourth-order valence-electron chi connectivity index (χ4n) is 1.72. The van der Waals surface area contributed by atoms with Gasteiger partial charge in [0.25, 0.3) is 0 Å². The van der Waals surface area contributed by atoms with Gasteiger partial charge in [0.15, 0.2) is 0 Å². The Labute approximate surface area is 131 Å². The molecular formula is C15H14BrClN2O. The number of rotatable bonds is 3. The first-order valence-corrected chi connectivity index (χ1v) is 7.22. The molecule has 0 saturated carbocycles. The van der Waals surface area contributed by atoms with Crippen molar-refractivity contribution in [3.05, 3.63) is 63.1 Å². The summed E-state index contributed by atoms with van der Waals surface area (Å²) in [5.41, 5.74) is 8.47. The Morgan fingerprint density at radius 2 is 1.90 bits per heavy atom. The maximum atomic E-state index is 12.1. The molecule has 0 aliphatic rings. The van der Waals surface area contributed by atoms with Crippen LogP contribution in [0.25, 0.3) is 0 Å². The third kappa shape index (κ3) is 3.60. The molecule has 3 nitrogen and oxygen atoms in total. The lowest BCUT2D eigenvalue weighted by atomic mass is 10.1. The van der Waals surface area contributed by atoms with Gasteiger partial charge in [-0.15, -0.1) is 0 Å². The zero-order chi connectivity index (χ0) is 14.7. The maximum absolute atomic E-state index is 12.1. The molecule has 3 N–H and O–H groups in total. The van der Waals surface area contributed by atoms with Gasteiger partial charge >= 0.3 is 0 Å². The number of hydrogen-bond donors (Lipinski definition) is 2. The molecule has 1 amide bonds. The van der Waals surface area contributed by atoms with Crippen molar-refractivity contribution in [1.82, 2.24) is 0 Å². The van der Waals surface area contributed by atoms with Gasteiger partial charge in [-0.1, -0.05) is 41.4 Å². The molecule has 0 heterocycles. The molecular weight excluding hydrogens is 340 g/mol. The molecule has 0 fully saturated rings. The van der Waals surface area contributed by atoms with E-state index in [1.807, 2.05) is 31.2 Å². The summed E-state index contributed by atoms with van der Waals surface area (Å²) in [6, 6.07) is 12.1. The lowest BCUT2D eigenvalue weighted by Gasteiger charge is -2.13. The highest BCUT2D eigenvalue weighted by molar-refractivity contribution is 9.10. The molecule has 2 aromatic carbocycles. The highest BCUT2D eigenvalue weighted by atomic mass is 79.9. The predicted molar refractivity (Wildman–Crippen MR) is 85.9 cm³/mol. The smallest absolute Gasteiger partial charge is 0.245 e. The lowest BCUT2D eigenvalue weighted by Crippen LogP contribution is -2.27. The summed E-state index contributed by atoms with van der Waals surface area (Å²) >= 11 is 9.28. The third-order valence-electron chi connectivity index (χ3n) is 2.91. The molecule has 0 bridgehead atoms. The van der Waals surface area contributed by atoms with Crippen LogP contribution in [-0.4, -0.2) is 5.91 Å². The van der Waals surface area contributed by atoms with E-state index in [4.69, 9.17) is 17.3 Å². The second-order valence-electron chi connectivity index (χ2n) is 4.51. The topological polar surface area (TPSA) is 55.1 Å². The molecule has 20 heavy (non-hydrogen) atoms. The van der Waals surface area contributed by atoms with Crippen molar-refractivity contribution in [1.29, 1.82) is 0 Å². The van der Waals surface area contributed by atoms with Crippen molar-refractivity contribution >= 4 is 39.1 Å². The van der Waals surface area contributed by atoms with Crippen molar-refractivity contribution in [2.75, 3.05) is 5.32 Å². The molecule has 0 radical (unpaired) electrons. The molecule has 0 saturated heterocycles. The van der Waals surface area contributed by atoms with Crippen LogP contribution in [-0.2, 0) is 4.79 Å². The van der Waals surface area contributed by atoms with Crippen LogP contribution < -0.4 is 11.1 Å². The van der Waals surface area contributed by atoms with Gasteiger partial charge in [0.1, 0.15) is 6.04 Å². The Kier molecular flexibility index (Phi) is 4.81. The Morgan fingerprint density at radius 3 is 2.50 bits per heavy atom. The minimum atomic E-state index is -0.710. The standard InChI is InChI=1S/C15H14BrClN2O/c1-9-2-4-10(5-3-9)14(18)15(20)19-11-6-7-12(16)13(17)8-11/h2-8,14H,18H2,1H3,(H,19,20). The number of carbonyl (C=O) groups excluding carboxylic acids is 1. The molecule has 5 heteroatoms. The van der Waals surface area contributed by atoms with Crippen LogP contribution in [0.2, 0.25) is 5.02 Å². The molecule has 1 atom stereocenters. The number of nitrogens with two attached hydrogens (primary N) is 1. The first-order valence-electron chi connectivity index (χ1n) is 6.05. The molecule has 2 aromatic rings. The summed E-state index contributed by atoms with van der Waals surface area (Å²) < 4.78 is 0.778. The summed E-state index contributed by atoms with van der Waals surface area (Å²) in [6.07, 6.45) is 0. The van der Waals surface area contributed by atoms with Gasteiger partial charge in [0.05, 0.1) is 5.02 Å². The minimum Gasteiger partial charge on any atom is -0.324 e. The summed E-state index contributed by atoms with van der Waals surface area (Å²) in [6.45, 7) is 1.99. The van der Waals surface area contributed by atoms with Crippen LogP contribution in [0, 0.1) is 6.92 Å². The zero-order valence-corrected chi connectivity index (χ0v) is 13.2. The molecule has 0 aliphatic heterocycles. The Balaban J connectivity index is 2.11. The highest BCUT2D eigenvalue weighted by Gasteiger charge is 2.16. The van der Waals surface area contributed by atoms with Gasteiger partial charge in [-0.05, 0) is 46.6 Å². The quantitative estimate of drug-likeness (QED) is 0.874. The van der Waals surface area contributed by atoms with Crippen LogP contribution in [0.4, 0.5) is 5.69 Å². The van der Waals surface area contributed by atoms with Gasteiger partial charge in [-0.2, -0.15) is 0 Å². The van der Waals surface area contributed by atoms with Crippen molar-refractivity contribution < 1.29 is 4.79 Å². The molecule has 2 rings (SSSR count). The highest BCUT2D eigenvalue weighted by Crippen LogP contribution is 2.26. The fourth-order valence-corrected chi connectivity index (χ4v) is 2.15. The van der Waals surface area contributed by atoms with Crippen LogP contribution in [0.5, 0.6) is 0 Å². The van der Waals surface area contributed by atoms with Crippen molar-refractivity contribution in [3.8, 4) is 0 Å². The molecule has 0 aliphatic carbocycles. The number of benzene rings is 2. The Bertz CT molecular complexity index is 628. The van der Waals surface area contributed by atoms with E-state index in [-0.39, 0.29) is 5.91 Å². The molecule has 104 valence electrons. The van der Waals surface area contributed by atoms with Crippen LogP contribution in [0.1, 0.15) is 17.2 Å². The number of nitrogens with one attached hydrogen (secondary N) is 1. The number of anilines is 1. The summed E-state index contributed by atoms with van der Waals surface area (Å²) in [7, 11) is 0. The summed E-state index contributed by atoms with van der Waals surface area (Å²) in [5.74, 6) is -0.271. The SMILES string of the molecule is Cc1ccc(C(N)C(=O)Nc2ccc(Br)c(Cl)c2)cc1. The first kappa shape index (κ1) is 15.0. The Morgan fingerprint density at radius 1 is 1.25 bits per heavy atom. The molecule has 0 aromatic heterocycles. The minimum absolute atomic E-state index is 0.271. The number of halogens is 2. The number of carbonyl (C=O) groups is 1. The van der Waals surface area contributed by atoms with E-state index in [2.05, 4.69) is 21.2 Å². The first-order chi connectivity index (χ1) is 9.47. The third-order valence-corrected chi connectivity index (χ3v) is 4.14. The van der Waals surface area contributed by atoms with Gasteiger partial charge in [0.2, 0.25) is 5.91 Å². The maximum Gasteiger partial charge on any atom is 0.245 e. The van der Waals surface area contributed by atoms with E-state index in [1.165, 1.54) is 0 Å². The van der Waals surface area contributed by atoms with E-state index in [0.717, 1.165) is 15.6 Å². The van der Waals surface area contributed by atoms with E-state index >= 15 is 0 Å². The zero-order valence-electron chi connectivity index (χ0n) is 10.9. The Hall–Kier alpha value is -1.36. The van der Waals surface area contributed by atoms with Crippen LogP contribution >= 0.6 is 27.5 Å². The van der Waals surface area contributed by atoms with Crippen molar-refractivity contribution in [3.63, 3.8) is 0 Å². The van der Waals surface area contributed by atoms with Crippen molar-refractivity contribution in [2.45, 2.75) is 13.0 Å². The summed E-state index contributed by atoms with van der Waals surface area (Å²) in [4.78, 5) is 12.1. The van der Waals surface area contributed by atoms with Gasteiger partial charge in [0, 0.05) is 10.2 Å². The van der Waals surface area contributed by atoms with Crippen LogP contribution in [0.15, 0.2) is 46.9 Å². The second-order valence-corrected chi connectivity index (χ2v) is 5.77. The normalized spacial score (nSPS) is 12.0. The van der Waals surface area contributed by atoms with E-state index in [1.54, 1.807) is 18.2 Å². The van der Waals surface area contributed by atoms with Gasteiger partial charge < -0.3 is 11.1 Å². The molecule has 1 unspecified atom stereocenters. The average molecular weight is 354 g/mol. The lowest BCUT2D eigenvalue weighted by molar-refractivity contribution is -0.117. The van der Waals surface area contributed by atoms with E-state index in [0.29, 0.717) is 10.7 Å².